The zero-order valence-corrected chi connectivity index (χ0v) is 11.8. The average molecular weight is 274 g/mol. The maximum atomic E-state index is 6.03. The molecule has 0 amide bonds. The molecular formula is C13H20ClNO3. The van der Waals surface area contributed by atoms with Crippen LogP contribution in [0.3, 0.4) is 0 Å². The zero-order chi connectivity index (χ0) is 13.5. The quantitative estimate of drug-likeness (QED) is 0.828. The van der Waals surface area contributed by atoms with E-state index in [9.17, 15) is 0 Å². The highest BCUT2D eigenvalue weighted by Gasteiger charge is 2.15. The molecular weight excluding hydrogens is 254 g/mol. The summed E-state index contributed by atoms with van der Waals surface area (Å²) < 4.78 is 16.2. The topological polar surface area (TPSA) is 53.7 Å². The summed E-state index contributed by atoms with van der Waals surface area (Å²) in [4.78, 5) is 0. The maximum absolute atomic E-state index is 6.03. The van der Waals surface area contributed by atoms with Gasteiger partial charge in [-0.3, -0.25) is 0 Å². The summed E-state index contributed by atoms with van der Waals surface area (Å²) >= 11 is 6.03. The molecule has 0 heterocycles. The number of benzene rings is 1. The van der Waals surface area contributed by atoms with Crippen molar-refractivity contribution in [2.24, 2.45) is 5.73 Å². The summed E-state index contributed by atoms with van der Waals surface area (Å²) in [6.07, 6.45) is 0.619. The van der Waals surface area contributed by atoms with Crippen molar-refractivity contribution < 1.29 is 14.2 Å². The van der Waals surface area contributed by atoms with E-state index < -0.39 is 0 Å². The molecule has 1 unspecified atom stereocenters. The number of rotatable bonds is 7. The normalized spacial score (nSPS) is 12.3. The summed E-state index contributed by atoms with van der Waals surface area (Å²) in [5.41, 5.74) is 6.55. The third kappa shape index (κ3) is 4.05. The molecule has 0 fully saturated rings. The smallest absolute Gasteiger partial charge is 0.165 e. The second-order valence-electron chi connectivity index (χ2n) is 4.02. The molecule has 102 valence electrons. The van der Waals surface area contributed by atoms with Gasteiger partial charge in [-0.25, -0.2) is 0 Å². The van der Waals surface area contributed by atoms with E-state index in [4.69, 9.17) is 31.5 Å². The van der Waals surface area contributed by atoms with Gasteiger partial charge in [-0.2, -0.15) is 0 Å². The molecule has 0 saturated carbocycles. The molecule has 5 heteroatoms. The van der Waals surface area contributed by atoms with E-state index in [1.165, 1.54) is 0 Å². The van der Waals surface area contributed by atoms with Gasteiger partial charge < -0.3 is 19.9 Å². The lowest BCUT2D eigenvalue weighted by Crippen LogP contribution is -2.19. The fourth-order valence-electron chi connectivity index (χ4n) is 1.72. The molecule has 0 aliphatic carbocycles. The van der Waals surface area contributed by atoms with Crippen molar-refractivity contribution in [3.63, 3.8) is 0 Å². The van der Waals surface area contributed by atoms with E-state index in [0.29, 0.717) is 36.1 Å². The van der Waals surface area contributed by atoms with E-state index in [1.807, 2.05) is 13.0 Å². The van der Waals surface area contributed by atoms with Crippen LogP contribution in [-0.2, 0) is 11.2 Å². The minimum absolute atomic E-state index is 0.0680. The first-order valence-electron chi connectivity index (χ1n) is 5.84. The molecule has 0 aliphatic heterocycles. The molecule has 18 heavy (non-hydrogen) atoms. The molecule has 0 saturated heterocycles. The van der Waals surface area contributed by atoms with Crippen LogP contribution < -0.4 is 15.2 Å². The minimum atomic E-state index is -0.0680. The van der Waals surface area contributed by atoms with Crippen LogP contribution in [0.15, 0.2) is 12.1 Å². The monoisotopic (exact) mass is 273 g/mol. The Morgan fingerprint density at radius 2 is 2.06 bits per heavy atom. The van der Waals surface area contributed by atoms with Crippen LogP contribution in [0.1, 0.15) is 12.5 Å². The number of halogens is 1. The molecule has 1 atom stereocenters. The molecule has 1 aromatic carbocycles. The third-order valence-electron chi connectivity index (χ3n) is 2.45. The second-order valence-corrected chi connectivity index (χ2v) is 4.46. The van der Waals surface area contributed by atoms with Crippen molar-refractivity contribution >= 4 is 11.6 Å². The summed E-state index contributed by atoms with van der Waals surface area (Å²) in [6.45, 7) is 2.97. The highest BCUT2D eigenvalue weighted by molar-refractivity contribution is 6.30. The number of hydrogen-bond donors (Lipinski definition) is 1. The van der Waals surface area contributed by atoms with Gasteiger partial charge >= 0.3 is 0 Å². The van der Waals surface area contributed by atoms with Crippen molar-refractivity contribution in [3.05, 3.63) is 22.7 Å². The molecule has 2 N–H and O–H groups in total. The van der Waals surface area contributed by atoms with Gasteiger partial charge in [0.05, 0.1) is 13.7 Å². The third-order valence-corrected chi connectivity index (χ3v) is 2.67. The standard InChI is InChI=1S/C13H20ClNO3/c1-9(8-16-2)18-13-10(4-5-15)6-11(14)7-12(13)17-3/h6-7,9H,4-5,8,15H2,1-3H3. The fraction of sp³-hybridized carbons (Fsp3) is 0.538. The molecule has 0 radical (unpaired) electrons. The van der Waals surface area contributed by atoms with Gasteiger partial charge in [0.15, 0.2) is 11.5 Å². The number of nitrogens with two attached hydrogens (primary N) is 1. The van der Waals surface area contributed by atoms with Gasteiger partial charge in [0.2, 0.25) is 0 Å². The average Bonchev–Trinajstić information content (AvgIpc) is 2.32. The van der Waals surface area contributed by atoms with Crippen molar-refractivity contribution in [1.29, 1.82) is 0 Å². The van der Waals surface area contributed by atoms with Gasteiger partial charge in [-0.1, -0.05) is 11.6 Å². The Bertz CT molecular complexity index is 385. The van der Waals surface area contributed by atoms with Gasteiger partial charge in [0.25, 0.3) is 0 Å². The summed E-state index contributed by atoms with van der Waals surface area (Å²) in [7, 11) is 3.23. The summed E-state index contributed by atoms with van der Waals surface area (Å²) in [5, 5.41) is 0.613. The highest BCUT2D eigenvalue weighted by Crippen LogP contribution is 2.35. The van der Waals surface area contributed by atoms with E-state index in [1.54, 1.807) is 20.3 Å². The van der Waals surface area contributed by atoms with Crippen LogP contribution in [0.25, 0.3) is 0 Å². The maximum Gasteiger partial charge on any atom is 0.165 e. The largest absolute Gasteiger partial charge is 0.493 e. The predicted molar refractivity (Wildman–Crippen MR) is 72.7 cm³/mol. The van der Waals surface area contributed by atoms with Crippen LogP contribution in [0.4, 0.5) is 0 Å². The molecule has 0 aliphatic rings. The highest BCUT2D eigenvalue weighted by atomic mass is 35.5. The first-order valence-corrected chi connectivity index (χ1v) is 6.22. The lowest BCUT2D eigenvalue weighted by molar-refractivity contribution is 0.0893. The van der Waals surface area contributed by atoms with Crippen LogP contribution in [0.2, 0.25) is 5.02 Å². The molecule has 4 nitrogen and oxygen atoms in total. The van der Waals surface area contributed by atoms with Crippen LogP contribution in [-0.4, -0.2) is 33.5 Å². The van der Waals surface area contributed by atoms with Gasteiger partial charge in [0.1, 0.15) is 6.10 Å². The number of hydrogen-bond acceptors (Lipinski definition) is 4. The lowest BCUT2D eigenvalue weighted by Gasteiger charge is -2.19. The Kier molecular flexibility index (Phi) is 6.25. The Morgan fingerprint density at radius 3 is 2.61 bits per heavy atom. The van der Waals surface area contributed by atoms with Gasteiger partial charge in [0, 0.05) is 23.8 Å². The number of methoxy groups -OCH3 is 2. The Morgan fingerprint density at radius 1 is 1.33 bits per heavy atom. The molecule has 1 aromatic rings. The van der Waals surface area contributed by atoms with E-state index in [-0.39, 0.29) is 6.10 Å². The van der Waals surface area contributed by atoms with Crippen molar-refractivity contribution in [2.75, 3.05) is 27.4 Å². The second kappa shape index (κ2) is 7.46. The van der Waals surface area contributed by atoms with Crippen LogP contribution >= 0.6 is 11.6 Å². The van der Waals surface area contributed by atoms with E-state index in [2.05, 4.69) is 0 Å². The van der Waals surface area contributed by atoms with Crippen LogP contribution in [0, 0.1) is 0 Å². The lowest BCUT2D eigenvalue weighted by atomic mass is 10.1. The van der Waals surface area contributed by atoms with Gasteiger partial charge in [-0.15, -0.1) is 0 Å². The first kappa shape index (κ1) is 15.1. The zero-order valence-electron chi connectivity index (χ0n) is 11.0. The molecule has 0 aromatic heterocycles. The minimum Gasteiger partial charge on any atom is -0.493 e. The summed E-state index contributed by atoms with van der Waals surface area (Å²) in [6, 6.07) is 3.59. The first-order chi connectivity index (χ1) is 8.62. The molecule has 1 rings (SSSR count). The van der Waals surface area contributed by atoms with Crippen LogP contribution in [0.5, 0.6) is 11.5 Å². The van der Waals surface area contributed by atoms with Crippen molar-refractivity contribution in [1.82, 2.24) is 0 Å². The Balaban J connectivity index is 3.04. The summed E-state index contributed by atoms with van der Waals surface area (Å²) in [5.74, 6) is 1.31. The fourth-order valence-corrected chi connectivity index (χ4v) is 1.95. The van der Waals surface area contributed by atoms with Gasteiger partial charge in [-0.05, 0) is 26.0 Å². The predicted octanol–water partition coefficient (Wildman–Crippen LogP) is 2.26. The van der Waals surface area contributed by atoms with E-state index in [0.717, 1.165) is 5.56 Å². The van der Waals surface area contributed by atoms with E-state index >= 15 is 0 Å². The SMILES string of the molecule is COCC(C)Oc1c(CCN)cc(Cl)cc1OC. The van der Waals surface area contributed by atoms with Crippen molar-refractivity contribution in [3.8, 4) is 11.5 Å². The molecule has 0 spiro atoms. The Hall–Kier alpha value is -0.970. The Labute approximate surface area is 113 Å². The van der Waals surface area contributed by atoms with Crippen molar-refractivity contribution in [2.45, 2.75) is 19.4 Å². The molecule has 0 bridgehead atoms. The number of ether oxygens (including phenoxy) is 3.